The molecule has 0 fully saturated rings. The standard InChI is InChI=1S/C25H27ClN6O3.ClH/c1-29-23(33)15-35-22-12-17(24(27)28)2-3-18(22)14-32-25(34)20-13-19(26)4-5-21(20)31-11-8-16-6-9-30-10-7-16;/h2-7,9-10,12-13,31H,8,11,14-15H2,1H3,(H3,27,28)(H,29,33)(H,32,34);1H. The molecule has 0 saturated heterocycles. The third kappa shape index (κ3) is 8.14. The molecule has 3 aromatic rings. The topological polar surface area (TPSA) is 142 Å². The molecule has 3 rings (SSSR count). The van der Waals surface area contributed by atoms with Crippen molar-refractivity contribution < 1.29 is 14.3 Å². The summed E-state index contributed by atoms with van der Waals surface area (Å²) in [5, 5.41) is 16.7. The van der Waals surface area contributed by atoms with Crippen molar-refractivity contribution in [1.82, 2.24) is 15.6 Å². The molecule has 11 heteroatoms. The number of anilines is 1. The van der Waals surface area contributed by atoms with Crippen molar-refractivity contribution in [3.05, 3.63) is 88.2 Å². The Labute approximate surface area is 220 Å². The van der Waals surface area contributed by atoms with Gasteiger partial charge in [-0.05, 0) is 48.4 Å². The van der Waals surface area contributed by atoms with Crippen LogP contribution in [0.1, 0.15) is 27.0 Å². The largest absolute Gasteiger partial charge is 0.483 e. The van der Waals surface area contributed by atoms with Crippen LogP contribution in [0, 0.1) is 5.41 Å². The molecule has 0 unspecified atom stereocenters. The van der Waals surface area contributed by atoms with Crippen LogP contribution in [-0.2, 0) is 17.8 Å². The molecule has 2 aromatic carbocycles. The van der Waals surface area contributed by atoms with Gasteiger partial charge in [-0.3, -0.25) is 20.0 Å². The number of carbonyl (C=O) groups is 2. The summed E-state index contributed by atoms with van der Waals surface area (Å²) >= 11 is 6.16. The number of likely N-dealkylation sites (N-methyl/N-ethyl adjacent to an activating group) is 1. The molecule has 190 valence electrons. The van der Waals surface area contributed by atoms with E-state index in [4.69, 9.17) is 27.5 Å². The number of halogens is 2. The molecule has 0 atom stereocenters. The van der Waals surface area contributed by atoms with Gasteiger partial charge < -0.3 is 26.4 Å². The Bertz CT molecular complexity index is 1210. The number of ether oxygens (including phenoxy) is 1. The Morgan fingerprint density at radius 3 is 2.56 bits per heavy atom. The second kappa shape index (κ2) is 13.9. The van der Waals surface area contributed by atoms with Gasteiger partial charge in [0.2, 0.25) is 0 Å². The maximum atomic E-state index is 13.0. The van der Waals surface area contributed by atoms with Gasteiger partial charge in [-0.2, -0.15) is 0 Å². The lowest BCUT2D eigenvalue weighted by atomic mass is 10.1. The molecule has 0 aliphatic carbocycles. The predicted molar refractivity (Wildman–Crippen MR) is 143 cm³/mol. The van der Waals surface area contributed by atoms with Gasteiger partial charge >= 0.3 is 0 Å². The smallest absolute Gasteiger partial charge is 0.257 e. The van der Waals surface area contributed by atoms with Crippen LogP contribution in [-0.4, -0.2) is 42.8 Å². The summed E-state index contributed by atoms with van der Waals surface area (Å²) in [5.41, 5.74) is 8.84. The van der Waals surface area contributed by atoms with E-state index in [2.05, 4.69) is 20.9 Å². The van der Waals surface area contributed by atoms with E-state index in [1.54, 1.807) is 48.8 Å². The SMILES string of the molecule is CNC(=O)COc1cc(C(=N)N)ccc1CNC(=O)c1cc(Cl)ccc1NCCc1ccncc1.Cl. The first-order chi connectivity index (χ1) is 16.9. The lowest BCUT2D eigenvalue weighted by molar-refractivity contribution is -0.122. The third-order valence-corrected chi connectivity index (χ3v) is 5.39. The molecule has 36 heavy (non-hydrogen) atoms. The second-order valence-electron chi connectivity index (χ2n) is 7.60. The van der Waals surface area contributed by atoms with Crippen molar-refractivity contribution in [3.8, 4) is 5.75 Å². The molecule has 0 saturated carbocycles. The first kappa shape index (κ1) is 28.4. The average molecular weight is 531 g/mol. The number of carbonyl (C=O) groups excluding carboxylic acids is 2. The quantitative estimate of drug-likeness (QED) is 0.190. The third-order valence-electron chi connectivity index (χ3n) is 5.16. The van der Waals surface area contributed by atoms with E-state index in [0.717, 1.165) is 12.0 Å². The molecular weight excluding hydrogens is 503 g/mol. The average Bonchev–Trinajstić information content (AvgIpc) is 2.87. The molecule has 0 bridgehead atoms. The second-order valence-corrected chi connectivity index (χ2v) is 8.04. The van der Waals surface area contributed by atoms with Gasteiger partial charge in [0, 0.05) is 54.4 Å². The number of nitrogens with one attached hydrogen (secondary N) is 4. The molecule has 0 radical (unpaired) electrons. The van der Waals surface area contributed by atoms with Crippen LogP contribution in [0.5, 0.6) is 5.75 Å². The van der Waals surface area contributed by atoms with E-state index in [0.29, 0.717) is 39.7 Å². The summed E-state index contributed by atoms with van der Waals surface area (Å²) in [6, 6.07) is 13.9. The van der Waals surface area contributed by atoms with Crippen molar-refractivity contribution in [1.29, 1.82) is 5.41 Å². The highest BCUT2D eigenvalue weighted by Gasteiger charge is 2.15. The van der Waals surface area contributed by atoms with E-state index in [-0.39, 0.29) is 43.2 Å². The van der Waals surface area contributed by atoms with Crippen molar-refractivity contribution in [2.45, 2.75) is 13.0 Å². The number of aromatic nitrogens is 1. The summed E-state index contributed by atoms with van der Waals surface area (Å²) in [4.78, 5) is 28.7. The number of amidine groups is 1. The van der Waals surface area contributed by atoms with Gasteiger partial charge in [0.05, 0.1) is 5.56 Å². The Morgan fingerprint density at radius 1 is 1.11 bits per heavy atom. The number of hydrogen-bond donors (Lipinski definition) is 5. The summed E-state index contributed by atoms with van der Waals surface area (Å²) < 4.78 is 5.60. The minimum atomic E-state index is -0.327. The maximum absolute atomic E-state index is 13.0. The zero-order valence-corrected chi connectivity index (χ0v) is 21.2. The van der Waals surface area contributed by atoms with E-state index < -0.39 is 0 Å². The number of rotatable bonds is 11. The fraction of sp³-hybridized carbons (Fsp3) is 0.200. The van der Waals surface area contributed by atoms with E-state index in [1.807, 2.05) is 12.1 Å². The molecule has 6 N–H and O–H groups in total. The highest BCUT2D eigenvalue weighted by molar-refractivity contribution is 6.31. The van der Waals surface area contributed by atoms with Crippen LogP contribution in [0.4, 0.5) is 5.69 Å². The zero-order chi connectivity index (χ0) is 25.2. The van der Waals surface area contributed by atoms with Crippen LogP contribution < -0.4 is 26.4 Å². The number of nitrogens with two attached hydrogens (primary N) is 1. The molecular formula is C25H28Cl2N6O3. The monoisotopic (exact) mass is 530 g/mol. The number of amides is 2. The lowest BCUT2D eigenvalue weighted by Crippen LogP contribution is -2.27. The molecule has 1 aromatic heterocycles. The van der Waals surface area contributed by atoms with Gasteiger partial charge in [0.15, 0.2) is 6.61 Å². The van der Waals surface area contributed by atoms with Gasteiger partial charge in [-0.1, -0.05) is 23.7 Å². The molecule has 1 heterocycles. The highest BCUT2D eigenvalue weighted by Crippen LogP contribution is 2.23. The van der Waals surface area contributed by atoms with E-state index >= 15 is 0 Å². The summed E-state index contributed by atoms with van der Waals surface area (Å²) in [6.07, 6.45) is 4.25. The van der Waals surface area contributed by atoms with Crippen LogP contribution in [0.25, 0.3) is 0 Å². The number of nitrogens with zero attached hydrogens (tertiary/aromatic N) is 1. The Hall–Kier alpha value is -3.82. The number of benzene rings is 2. The van der Waals surface area contributed by atoms with Crippen LogP contribution in [0.3, 0.4) is 0 Å². The first-order valence-corrected chi connectivity index (χ1v) is 11.3. The summed E-state index contributed by atoms with van der Waals surface area (Å²) in [5.74, 6) is -0.420. The Balaban J connectivity index is 0.00000456. The van der Waals surface area contributed by atoms with Crippen LogP contribution in [0.15, 0.2) is 60.9 Å². The minimum Gasteiger partial charge on any atom is -0.483 e. The van der Waals surface area contributed by atoms with Gasteiger partial charge in [-0.25, -0.2) is 0 Å². The zero-order valence-electron chi connectivity index (χ0n) is 19.6. The van der Waals surface area contributed by atoms with E-state index in [9.17, 15) is 9.59 Å². The van der Waals surface area contributed by atoms with Crippen LogP contribution >= 0.6 is 24.0 Å². The number of hydrogen-bond acceptors (Lipinski definition) is 6. The van der Waals surface area contributed by atoms with Crippen molar-refractivity contribution in [2.24, 2.45) is 5.73 Å². The van der Waals surface area contributed by atoms with Crippen molar-refractivity contribution in [3.63, 3.8) is 0 Å². The molecule has 2 amide bonds. The van der Waals surface area contributed by atoms with Gasteiger partial charge in [0.25, 0.3) is 11.8 Å². The van der Waals surface area contributed by atoms with Crippen molar-refractivity contribution >= 4 is 47.3 Å². The fourth-order valence-electron chi connectivity index (χ4n) is 3.24. The Kier molecular flexibility index (Phi) is 11.0. The predicted octanol–water partition coefficient (Wildman–Crippen LogP) is 3.15. The Morgan fingerprint density at radius 2 is 1.86 bits per heavy atom. The molecule has 9 nitrogen and oxygen atoms in total. The molecule has 0 aliphatic rings. The maximum Gasteiger partial charge on any atom is 0.257 e. The molecule has 0 spiro atoms. The summed E-state index contributed by atoms with van der Waals surface area (Å²) in [6.45, 7) is 0.539. The highest BCUT2D eigenvalue weighted by atomic mass is 35.5. The summed E-state index contributed by atoms with van der Waals surface area (Å²) in [7, 11) is 1.51. The normalized spacial score (nSPS) is 10.1. The first-order valence-electron chi connectivity index (χ1n) is 10.9. The molecule has 0 aliphatic heterocycles. The van der Waals surface area contributed by atoms with Gasteiger partial charge in [-0.15, -0.1) is 12.4 Å². The lowest BCUT2D eigenvalue weighted by Gasteiger charge is -2.15. The van der Waals surface area contributed by atoms with E-state index in [1.165, 1.54) is 7.05 Å². The van der Waals surface area contributed by atoms with Gasteiger partial charge in [0.1, 0.15) is 11.6 Å². The van der Waals surface area contributed by atoms with Crippen LogP contribution in [0.2, 0.25) is 5.02 Å². The number of pyridine rings is 1. The fourth-order valence-corrected chi connectivity index (χ4v) is 3.41. The van der Waals surface area contributed by atoms with Crippen molar-refractivity contribution in [2.75, 3.05) is 25.5 Å². The number of nitrogen functional groups attached to an aromatic ring is 1. The minimum absolute atomic E-state index is 0.